The van der Waals surface area contributed by atoms with Crippen LogP contribution in [0.1, 0.15) is 4.88 Å². The van der Waals surface area contributed by atoms with E-state index in [4.69, 9.17) is 18.0 Å². The van der Waals surface area contributed by atoms with E-state index in [9.17, 15) is 21.6 Å². The molecule has 0 spiro atoms. The zero-order chi connectivity index (χ0) is 15.8. The molecule has 0 saturated heterocycles. The Bertz CT molecular complexity index is 818. The number of rotatable bonds is 4. The van der Waals surface area contributed by atoms with Gasteiger partial charge in [0.2, 0.25) is 0 Å². The number of sulfonamides is 1. The van der Waals surface area contributed by atoms with Gasteiger partial charge >= 0.3 is 0 Å². The number of benzene rings is 1. The van der Waals surface area contributed by atoms with E-state index in [-0.39, 0.29) is 9.20 Å². The maximum absolute atomic E-state index is 13.5. The molecule has 0 unspecified atom stereocenters. The quantitative estimate of drug-likeness (QED) is 0.655. The normalized spacial score (nSPS) is 11.4. The van der Waals surface area contributed by atoms with Gasteiger partial charge in [-0.05, 0) is 24.3 Å². The van der Waals surface area contributed by atoms with Crippen molar-refractivity contribution in [2.75, 3.05) is 4.72 Å². The molecule has 0 bridgehead atoms. The highest BCUT2D eigenvalue weighted by molar-refractivity contribution is 7.94. The van der Waals surface area contributed by atoms with Gasteiger partial charge < -0.3 is 5.73 Å². The third-order valence-corrected chi connectivity index (χ3v) is 5.69. The van der Waals surface area contributed by atoms with E-state index in [1.54, 1.807) is 0 Å². The standard InChI is InChI=1S/C11H7F3N2O2S3/c12-5-1-2-6(10(14)9(5)13)16-21(17,18)8-4-3-7(20-8)11(15)19/h1-4,16H,(H2,15,19). The van der Waals surface area contributed by atoms with Gasteiger partial charge in [0, 0.05) is 0 Å². The summed E-state index contributed by atoms with van der Waals surface area (Å²) in [5.41, 5.74) is 4.66. The predicted molar refractivity (Wildman–Crippen MR) is 77.3 cm³/mol. The van der Waals surface area contributed by atoms with Crippen molar-refractivity contribution in [1.82, 2.24) is 0 Å². The van der Waals surface area contributed by atoms with E-state index in [2.05, 4.69) is 0 Å². The molecule has 2 rings (SSSR count). The fourth-order valence-electron chi connectivity index (χ4n) is 1.40. The van der Waals surface area contributed by atoms with Crippen molar-refractivity contribution in [3.8, 4) is 0 Å². The molecule has 0 fully saturated rings. The van der Waals surface area contributed by atoms with Crippen molar-refractivity contribution >= 4 is 44.3 Å². The summed E-state index contributed by atoms with van der Waals surface area (Å²) in [7, 11) is -4.15. The Labute approximate surface area is 127 Å². The first kappa shape index (κ1) is 15.7. The number of thiocarbonyl (C=S) groups is 1. The number of nitrogens with one attached hydrogen (secondary N) is 1. The monoisotopic (exact) mass is 352 g/mol. The van der Waals surface area contributed by atoms with E-state index < -0.39 is 33.2 Å². The van der Waals surface area contributed by atoms with Crippen molar-refractivity contribution in [1.29, 1.82) is 0 Å². The van der Waals surface area contributed by atoms with E-state index in [1.165, 1.54) is 12.1 Å². The van der Waals surface area contributed by atoms with E-state index in [1.807, 2.05) is 4.72 Å². The maximum atomic E-state index is 13.5. The van der Waals surface area contributed by atoms with Crippen LogP contribution < -0.4 is 10.5 Å². The smallest absolute Gasteiger partial charge is 0.271 e. The second kappa shape index (κ2) is 5.62. The minimum atomic E-state index is -4.15. The molecule has 10 heteroatoms. The Morgan fingerprint density at radius 3 is 2.38 bits per heavy atom. The van der Waals surface area contributed by atoms with Crippen LogP contribution in [0.5, 0.6) is 0 Å². The zero-order valence-electron chi connectivity index (χ0n) is 10.1. The van der Waals surface area contributed by atoms with Crippen LogP contribution in [0.15, 0.2) is 28.5 Å². The largest absolute Gasteiger partial charge is 0.389 e. The Hall–Kier alpha value is -1.65. The maximum Gasteiger partial charge on any atom is 0.271 e. The van der Waals surface area contributed by atoms with Gasteiger partial charge in [0.25, 0.3) is 10.0 Å². The van der Waals surface area contributed by atoms with Gasteiger partial charge in [-0.15, -0.1) is 11.3 Å². The summed E-state index contributed by atoms with van der Waals surface area (Å²) < 4.78 is 65.0. The first-order valence-corrected chi connectivity index (χ1v) is 7.99. The molecule has 1 aromatic heterocycles. The molecule has 1 aromatic carbocycles. The van der Waals surface area contributed by atoms with E-state index in [0.717, 1.165) is 17.4 Å². The number of thiophene rings is 1. The zero-order valence-corrected chi connectivity index (χ0v) is 12.5. The third-order valence-electron chi connectivity index (χ3n) is 2.37. The molecule has 21 heavy (non-hydrogen) atoms. The summed E-state index contributed by atoms with van der Waals surface area (Å²) in [5.74, 6) is -4.79. The molecule has 112 valence electrons. The summed E-state index contributed by atoms with van der Waals surface area (Å²) in [6.07, 6.45) is 0. The van der Waals surface area contributed by atoms with Crippen molar-refractivity contribution in [2.45, 2.75) is 4.21 Å². The van der Waals surface area contributed by atoms with Crippen LogP contribution >= 0.6 is 23.6 Å². The van der Waals surface area contributed by atoms with Crippen LogP contribution in [0.25, 0.3) is 0 Å². The Balaban J connectivity index is 2.37. The molecular formula is C11H7F3N2O2S3. The van der Waals surface area contributed by atoms with Crippen LogP contribution in [-0.2, 0) is 10.0 Å². The lowest BCUT2D eigenvalue weighted by Gasteiger charge is -2.08. The first-order chi connectivity index (χ1) is 9.72. The summed E-state index contributed by atoms with van der Waals surface area (Å²) in [6.45, 7) is 0. The van der Waals surface area contributed by atoms with Gasteiger partial charge in [-0.2, -0.15) is 0 Å². The SMILES string of the molecule is NC(=S)c1ccc(S(=O)(=O)Nc2ccc(F)c(F)c2F)s1. The highest BCUT2D eigenvalue weighted by atomic mass is 32.2. The van der Waals surface area contributed by atoms with Crippen LogP contribution in [0.3, 0.4) is 0 Å². The third kappa shape index (κ3) is 3.17. The minimum absolute atomic E-state index is 0.0143. The average molecular weight is 352 g/mol. The average Bonchev–Trinajstić information content (AvgIpc) is 2.90. The van der Waals surface area contributed by atoms with Gasteiger partial charge in [0.15, 0.2) is 17.5 Å². The minimum Gasteiger partial charge on any atom is -0.389 e. The molecule has 1 heterocycles. The first-order valence-electron chi connectivity index (χ1n) is 5.28. The second-order valence-corrected chi connectivity index (χ2v) is 7.24. The van der Waals surface area contributed by atoms with Gasteiger partial charge in [-0.25, -0.2) is 21.6 Å². The van der Waals surface area contributed by atoms with Crippen LogP contribution in [0.4, 0.5) is 18.9 Å². The molecule has 3 N–H and O–H groups in total. The number of halogens is 3. The number of anilines is 1. The Morgan fingerprint density at radius 1 is 1.14 bits per heavy atom. The van der Waals surface area contributed by atoms with Crippen molar-refractivity contribution in [3.63, 3.8) is 0 Å². The lowest BCUT2D eigenvalue weighted by atomic mass is 10.3. The molecule has 0 saturated carbocycles. The van der Waals surface area contributed by atoms with Crippen LogP contribution in [-0.4, -0.2) is 13.4 Å². The van der Waals surface area contributed by atoms with Crippen LogP contribution in [0, 0.1) is 17.5 Å². The Morgan fingerprint density at radius 2 is 1.81 bits per heavy atom. The Kier molecular flexibility index (Phi) is 4.21. The fourth-order valence-corrected chi connectivity index (χ4v) is 3.81. The summed E-state index contributed by atoms with van der Waals surface area (Å²) in [4.78, 5) is 0.372. The fraction of sp³-hybridized carbons (Fsp3) is 0. The highest BCUT2D eigenvalue weighted by Gasteiger charge is 2.21. The van der Waals surface area contributed by atoms with Crippen molar-refractivity contribution in [3.05, 3.63) is 46.6 Å². The predicted octanol–water partition coefficient (Wildman–Crippen LogP) is 2.60. The second-order valence-electron chi connectivity index (χ2n) is 3.81. The number of hydrogen-bond acceptors (Lipinski definition) is 4. The molecule has 2 aromatic rings. The number of nitrogens with two attached hydrogens (primary N) is 1. The molecule has 0 aliphatic carbocycles. The summed E-state index contributed by atoms with van der Waals surface area (Å²) in [6, 6.07) is 4.01. The molecule has 4 nitrogen and oxygen atoms in total. The molecular weight excluding hydrogens is 345 g/mol. The molecule has 0 aliphatic heterocycles. The molecule has 0 atom stereocenters. The van der Waals surface area contributed by atoms with Gasteiger partial charge in [0.05, 0.1) is 10.6 Å². The van der Waals surface area contributed by atoms with Gasteiger partial charge in [-0.3, -0.25) is 4.72 Å². The lowest BCUT2D eigenvalue weighted by Crippen LogP contribution is -2.13. The lowest BCUT2D eigenvalue weighted by molar-refractivity contribution is 0.449. The van der Waals surface area contributed by atoms with Gasteiger partial charge in [0.1, 0.15) is 9.20 Å². The van der Waals surface area contributed by atoms with E-state index in [0.29, 0.717) is 10.9 Å². The summed E-state index contributed by atoms with van der Waals surface area (Å²) >= 11 is 5.48. The van der Waals surface area contributed by atoms with Crippen molar-refractivity contribution in [2.24, 2.45) is 5.73 Å². The number of hydrogen-bond donors (Lipinski definition) is 2. The molecule has 0 amide bonds. The topological polar surface area (TPSA) is 72.2 Å². The van der Waals surface area contributed by atoms with Crippen LogP contribution in [0.2, 0.25) is 0 Å². The highest BCUT2D eigenvalue weighted by Crippen LogP contribution is 2.26. The van der Waals surface area contributed by atoms with Crippen molar-refractivity contribution < 1.29 is 21.6 Å². The molecule has 0 radical (unpaired) electrons. The summed E-state index contributed by atoms with van der Waals surface area (Å²) in [5, 5.41) is 0. The van der Waals surface area contributed by atoms with E-state index >= 15 is 0 Å². The van der Waals surface area contributed by atoms with Gasteiger partial charge in [-0.1, -0.05) is 12.2 Å². The molecule has 0 aliphatic rings.